The summed E-state index contributed by atoms with van der Waals surface area (Å²) in [6.45, 7) is 4.96. The lowest BCUT2D eigenvalue weighted by atomic mass is 10.1. The van der Waals surface area contributed by atoms with Crippen LogP contribution in [0.4, 0.5) is 11.4 Å². The predicted molar refractivity (Wildman–Crippen MR) is 132 cm³/mol. The molecule has 0 atom stereocenters. The van der Waals surface area contributed by atoms with Gasteiger partial charge in [-0.3, -0.25) is 0 Å². The van der Waals surface area contributed by atoms with Crippen molar-refractivity contribution in [1.82, 2.24) is 0 Å². The highest BCUT2D eigenvalue weighted by Crippen LogP contribution is 2.37. The number of fused-ring (bicyclic) bond motifs is 1. The second-order valence-corrected chi connectivity index (χ2v) is 7.09. The monoisotopic (exact) mass is 422 g/mol. The minimum Gasteiger partial charge on any atom is -0.478 e. The highest BCUT2D eigenvalue weighted by molar-refractivity contribution is 6.05. The molecule has 0 N–H and O–H groups in total. The third kappa shape index (κ3) is 4.86. The van der Waals surface area contributed by atoms with Gasteiger partial charge >= 0.3 is 0 Å². The number of ether oxygens (including phenoxy) is 2. The van der Waals surface area contributed by atoms with E-state index in [0.717, 1.165) is 33.3 Å². The molecule has 0 spiro atoms. The fourth-order valence-electron chi connectivity index (χ4n) is 3.46. The third-order valence-corrected chi connectivity index (χ3v) is 4.92. The minimum absolute atomic E-state index is 0.519. The highest BCUT2D eigenvalue weighted by Gasteiger charge is 2.13. The fraction of sp³-hybridized carbons (Fsp3) is 0.143. The summed E-state index contributed by atoms with van der Waals surface area (Å²) in [5.74, 6) is 1.14. The Morgan fingerprint density at radius 3 is 1.72 bits per heavy atom. The van der Waals surface area contributed by atoms with Crippen molar-refractivity contribution in [3.63, 3.8) is 0 Å². The summed E-state index contributed by atoms with van der Waals surface area (Å²) in [5.41, 5.74) is 3.32. The molecule has 0 aliphatic rings. The number of hydrogen-bond acceptors (Lipinski definition) is 4. The van der Waals surface area contributed by atoms with Gasteiger partial charge in [0.25, 0.3) is 0 Å². The summed E-state index contributed by atoms with van der Waals surface area (Å²) in [5, 5.41) is 2.09. The Hall–Kier alpha value is -3.92. The maximum absolute atomic E-state index is 5.94. The van der Waals surface area contributed by atoms with E-state index in [-0.39, 0.29) is 0 Å². The van der Waals surface area contributed by atoms with E-state index < -0.39 is 0 Å². The van der Waals surface area contributed by atoms with Crippen LogP contribution in [0.5, 0.6) is 0 Å². The normalized spacial score (nSPS) is 12.1. The molecule has 4 nitrogen and oxygen atoms in total. The maximum Gasteiger partial charge on any atom is 0.221 e. The molecule has 0 unspecified atom stereocenters. The first-order valence-corrected chi connectivity index (χ1v) is 10.9. The predicted octanol–water partition coefficient (Wildman–Crippen LogP) is 7.07. The molecule has 0 saturated heterocycles. The van der Waals surface area contributed by atoms with E-state index >= 15 is 0 Å². The minimum atomic E-state index is 0.519. The van der Waals surface area contributed by atoms with Gasteiger partial charge < -0.3 is 9.47 Å². The first-order chi connectivity index (χ1) is 15.8. The second-order valence-electron chi connectivity index (χ2n) is 7.09. The molecule has 0 aliphatic carbocycles. The lowest BCUT2D eigenvalue weighted by Crippen LogP contribution is -2.07. The molecule has 0 aromatic heterocycles. The smallest absolute Gasteiger partial charge is 0.221 e. The van der Waals surface area contributed by atoms with Crippen molar-refractivity contribution in [3.8, 4) is 0 Å². The van der Waals surface area contributed by atoms with Crippen LogP contribution in [0.3, 0.4) is 0 Å². The SMILES string of the molecule is CCOC(=Nc1ccc2ccccc2c1N=C(OCC)c1ccccc1)c1ccccc1. The van der Waals surface area contributed by atoms with Crippen molar-refractivity contribution in [2.24, 2.45) is 9.98 Å². The van der Waals surface area contributed by atoms with Gasteiger partial charge in [0, 0.05) is 16.5 Å². The average molecular weight is 423 g/mol. The van der Waals surface area contributed by atoms with Gasteiger partial charge in [0.15, 0.2) is 0 Å². The van der Waals surface area contributed by atoms with E-state index in [4.69, 9.17) is 19.5 Å². The molecule has 4 rings (SSSR count). The van der Waals surface area contributed by atoms with E-state index in [2.05, 4.69) is 18.2 Å². The van der Waals surface area contributed by atoms with Gasteiger partial charge in [0.1, 0.15) is 5.69 Å². The zero-order valence-electron chi connectivity index (χ0n) is 18.4. The van der Waals surface area contributed by atoms with Gasteiger partial charge in [0.05, 0.1) is 18.9 Å². The molecule has 160 valence electrons. The molecule has 0 heterocycles. The van der Waals surface area contributed by atoms with E-state index in [1.165, 1.54) is 0 Å². The van der Waals surface area contributed by atoms with Crippen LogP contribution < -0.4 is 0 Å². The topological polar surface area (TPSA) is 43.2 Å². The number of benzene rings is 4. The number of nitrogens with zero attached hydrogens (tertiary/aromatic N) is 2. The van der Waals surface area contributed by atoms with Crippen LogP contribution in [0.15, 0.2) is 107 Å². The molecule has 0 aliphatic heterocycles. The van der Waals surface area contributed by atoms with E-state index in [1.807, 2.05) is 92.7 Å². The lowest BCUT2D eigenvalue weighted by Gasteiger charge is -2.12. The Morgan fingerprint density at radius 2 is 1.12 bits per heavy atom. The molecular weight excluding hydrogens is 396 g/mol. The van der Waals surface area contributed by atoms with Crippen molar-refractivity contribution in [1.29, 1.82) is 0 Å². The molecule has 0 fully saturated rings. The number of hydrogen-bond donors (Lipinski definition) is 0. The Labute approximate surface area is 188 Å². The third-order valence-electron chi connectivity index (χ3n) is 4.92. The molecule has 4 heteroatoms. The Bertz CT molecular complexity index is 1230. The van der Waals surface area contributed by atoms with Gasteiger partial charge in [-0.25, -0.2) is 9.98 Å². The maximum atomic E-state index is 5.94. The van der Waals surface area contributed by atoms with Crippen LogP contribution >= 0.6 is 0 Å². The van der Waals surface area contributed by atoms with Crippen LogP contribution in [-0.4, -0.2) is 25.0 Å². The molecule has 4 aromatic rings. The van der Waals surface area contributed by atoms with Crippen LogP contribution in [0.2, 0.25) is 0 Å². The van der Waals surface area contributed by atoms with Crippen molar-refractivity contribution < 1.29 is 9.47 Å². The van der Waals surface area contributed by atoms with E-state index in [0.29, 0.717) is 25.0 Å². The molecular formula is C28H26N2O2. The zero-order chi connectivity index (χ0) is 22.2. The molecule has 32 heavy (non-hydrogen) atoms. The van der Waals surface area contributed by atoms with Crippen molar-refractivity contribution >= 4 is 33.9 Å². The largest absolute Gasteiger partial charge is 0.478 e. The Kier molecular flexibility index (Phi) is 6.93. The zero-order valence-corrected chi connectivity index (χ0v) is 18.4. The van der Waals surface area contributed by atoms with Gasteiger partial charge in [-0.15, -0.1) is 0 Å². The van der Waals surface area contributed by atoms with Crippen LogP contribution in [0.25, 0.3) is 10.8 Å². The van der Waals surface area contributed by atoms with Gasteiger partial charge in [0.2, 0.25) is 11.8 Å². The summed E-state index contributed by atoms with van der Waals surface area (Å²) >= 11 is 0. The average Bonchev–Trinajstić information content (AvgIpc) is 2.85. The summed E-state index contributed by atoms with van der Waals surface area (Å²) in [6, 6.07) is 32.1. The number of rotatable bonds is 6. The quantitative estimate of drug-likeness (QED) is 0.246. The molecule has 0 amide bonds. The van der Waals surface area contributed by atoms with Crippen LogP contribution in [-0.2, 0) is 9.47 Å². The Balaban J connectivity index is 1.93. The summed E-state index contributed by atoms with van der Waals surface area (Å²) < 4.78 is 11.8. The summed E-state index contributed by atoms with van der Waals surface area (Å²) in [7, 11) is 0. The first kappa shape index (κ1) is 21.3. The van der Waals surface area contributed by atoms with E-state index in [9.17, 15) is 0 Å². The van der Waals surface area contributed by atoms with E-state index in [1.54, 1.807) is 0 Å². The van der Waals surface area contributed by atoms with Gasteiger partial charge in [-0.2, -0.15) is 0 Å². The Morgan fingerprint density at radius 1 is 0.594 bits per heavy atom. The standard InChI is InChI=1S/C28H26N2O2/c1-3-31-27(22-14-7-5-8-15-22)29-25-20-19-21-13-11-12-18-24(21)26(25)30-28(32-4-2)23-16-9-6-10-17-23/h5-20H,3-4H2,1-2H3. The number of aliphatic imine (C=N–C) groups is 2. The highest BCUT2D eigenvalue weighted by atomic mass is 16.5. The first-order valence-electron chi connectivity index (χ1n) is 10.9. The van der Waals surface area contributed by atoms with Crippen LogP contribution in [0.1, 0.15) is 25.0 Å². The van der Waals surface area contributed by atoms with Crippen molar-refractivity contribution in [3.05, 3.63) is 108 Å². The van der Waals surface area contributed by atoms with Gasteiger partial charge in [-0.1, -0.05) is 66.7 Å². The molecule has 0 radical (unpaired) electrons. The fourth-order valence-corrected chi connectivity index (χ4v) is 3.46. The summed E-state index contributed by atoms with van der Waals surface area (Å²) in [6.07, 6.45) is 0. The second kappa shape index (κ2) is 10.4. The lowest BCUT2D eigenvalue weighted by molar-refractivity contribution is 0.328. The van der Waals surface area contributed by atoms with Crippen molar-refractivity contribution in [2.45, 2.75) is 13.8 Å². The molecule has 0 saturated carbocycles. The van der Waals surface area contributed by atoms with Crippen molar-refractivity contribution in [2.75, 3.05) is 13.2 Å². The van der Waals surface area contributed by atoms with Crippen LogP contribution in [0, 0.1) is 0 Å². The van der Waals surface area contributed by atoms with Gasteiger partial charge in [-0.05, 0) is 49.6 Å². The molecule has 4 aromatic carbocycles. The summed E-state index contributed by atoms with van der Waals surface area (Å²) in [4.78, 5) is 9.89. The molecule has 0 bridgehead atoms.